The third kappa shape index (κ3) is 3.48. The molecule has 0 spiro atoms. The van der Waals surface area contributed by atoms with Gasteiger partial charge in [0, 0.05) is 18.6 Å². The van der Waals surface area contributed by atoms with Crippen LogP contribution in [0.15, 0.2) is 0 Å². The van der Waals surface area contributed by atoms with E-state index in [0.717, 1.165) is 13.2 Å². The van der Waals surface area contributed by atoms with Gasteiger partial charge >= 0.3 is 0 Å². The minimum absolute atomic E-state index is 0.0603. The number of halogens is 1. The fourth-order valence-electron chi connectivity index (χ4n) is 1.35. The standard InChI is InChI=1S/C7H12FN3.C4H8O/c1-7(2,3)5-4(8)6(9)11-10-5;1-2-4-5-3-1/h1-3H3,(H3,9,10,11);1-4H2. The predicted octanol–water partition coefficient (Wildman–Crippen LogP) is 2.23. The first kappa shape index (κ1) is 13.0. The van der Waals surface area contributed by atoms with E-state index in [1.54, 1.807) is 0 Å². The van der Waals surface area contributed by atoms with E-state index >= 15 is 0 Å². The van der Waals surface area contributed by atoms with Crippen LogP contribution in [0.4, 0.5) is 10.2 Å². The molecule has 0 aliphatic carbocycles. The molecule has 2 rings (SSSR count). The Balaban J connectivity index is 0.000000212. The second-order valence-corrected chi connectivity index (χ2v) is 4.87. The second kappa shape index (κ2) is 5.30. The van der Waals surface area contributed by atoms with Gasteiger partial charge in [-0.25, -0.2) is 4.39 Å². The number of anilines is 1. The lowest BCUT2D eigenvalue weighted by Crippen LogP contribution is -2.13. The predicted molar refractivity (Wildman–Crippen MR) is 61.7 cm³/mol. The first-order valence-corrected chi connectivity index (χ1v) is 5.50. The van der Waals surface area contributed by atoms with Crippen molar-refractivity contribution >= 4 is 5.82 Å². The minimum atomic E-state index is -0.433. The highest BCUT2D eigenvalue weighted by Crippen LogP contribution is 2.24. The van der Waals surface area contributed by atoms with Crippen molar-refractivity contribution in [1.29, 1.82) is 0 Å². The molecule has 0 bridgehead atoms. The van der Waals surface area contributed by atoms with E-state index in [-0.39, 0.29) is 11.2 Å². The Morgan fingerprint density at radius 1 is 1.31 bits per heavy atom. The first-order valence-electron chi connectivity index (χ1n) is 5.50. The lowest BCUT2D eigenvalue weighted by atomic mass is 9.92. The molecule has 5 heteroatoms. The molecule has 0 atom stereocenters. The van der Waals surface area contributed by atoms with Crippen molar-refractivity contribution in [3.05, 3.63) is 11.5 Å². The van der Waals surface area contributed by atoms with Crippen LogP contribution in [0.2, 0.25) is 0 Å². The summed E-state index contributed by atoms with van der Waals surface area (Å²) in [4.78, 5) is 0. The maximum Gasteiger partial charge on any atom is 0.188 e. The number of nitrogens with one attached hydrogen (secondary N) is 1. The molecule has 92 valence electrons. The normalized spacial score (nSPS) is 15.8. The third-order valence-corrected chi connectivity index (χ3v) is 2.31. The minimum Gasteiger partial charge on any atom is -0.381 e. The molecule has 0 amide bonds. The highest BCUT2D eigenvalue weighted by Gasteiger charge is 2.22. The Hall–Kier alpha value is -1.10. The van der Waals surface area contributed by atoms with E-state index in [2.05, 4.69) is 10.2 Å². The van der Waals surface area contributed by atoms with Gasteiger partial charge in [-0.15, -0.1) is 0 Å². The fraction of sp³-hybridized carbons (Fsp3) is 0.727. The van der Waals surface area contributed by atoms with E-state index in [4.69, 9.17) is 10.5 Å². The first-order chi connectivity index (χ1) is 7.43. The molecule has 1 aromatic heterocycles. The molecule has 1 saturated heterocycles. The number of nitrogens with zero attached hydrogens (tertiary/aromatic N) is 1. The van der Waals surface area contributed by atoms with Crippen molar-refractivity contribution in [1.82, 2.24) is 10.2 Å². The van der Waals surface area contributed by atoms with E-state index in [1.807, 2.05) is 20.8 Å². The van der Waals surface area contributed by atoms with E-state index < -0.39 is 5.82 Å². The number of aromatic nitrogens is 2. The number of hydrogen-bond donors (Lipinski definition) is 2. The van der Waals surface area contributed by atoms with E-state index in [9.17, 15) is 4.39 Å². The van der Waals surface area contributed by atoms with Crippen LogP contribution in [-0.2, 0) is 10.2 Å². The van der Waals surface area contributed by atoms with Crippen LogP contribution in [0.1, 0.15) is 39.3 Å². The average Bonchev–Trinajstić information content (AvgIpc) is 2.79. The van der Waals surface area contributed by atoms with Gasteiger partial charge in [0.2, 0.25) is 0 Å². The zero-order valence-corrected chi connectivity index (χ0v) is 10.1. The Labute approximate surface area is 95.4 Å². The van der Waals surface area contributed by atoms with Crippen molar-refractivity contribution in [2.24, 2.45) is 0 Å². The monoisotopic (exact) mass is 229 g/mol. The molecule has 1 aliphatic heterocycles. The summed E-state index contributed by atoms with van der Waals surface area (Å²) < 4.78 is 18.0. The van der Waals surface area contributed by atoms with Crippen LogP contribution >= 0.6 is 0 Å². The number of nitrogens with two attached hydrogens (primary N) is 1. The highest BCUT2D eigenvalue weighted by atomic mass is 19.1. The van der Waals surface area contributed by atoms with Gasteiger partial charge in [-0.3, -0.25) is 5.10 Å². The average molecular weight is 229 g/mol. The number of hydrogen-bond acceptors (Lipinski definition) is 3. The quantitative estimate of drug-likeness (QED) is 0.717. The van der Waals surface area contributed by atoms with Gasteiger partial charge in [0.1, 0.15) is 0 Å². The van der Waals surface area contributed by atoms with Crippen LogP contribution in [0.5, 0.6) is 0 Å². The van der Waals surface area contributed by atoms with E-state index in [0.29, 0.717) is 5.69 Å². The lowest BCUT2D eigenvalue weighted by Gasteiger charge is -2.15. The van der Waals surface area contributed by atoms with Crippen LogP contribution < -0.4 is 5.73 Å². The molecule has 1 aromatic rings. The lowest BCUT2D eigenvalue weighted by molar-refractivity contribution is 0.198. The van der Waals surface area contributed by atoms with Crippen LogP contribution in [0, 0.1) is 5.82 Å². The maximum atomic E-state index is 13.0. The molecule has 4 nitrogen and oxygen atoms in total. The number of rotatable bonds is 0. The molecule has 0 aromatic carbocycles. The van der Waals surface area contributed by atoms with Gasteiger partial charge < -0.3 is 10.5 Å². The van der Waals surface area contributed by atoms with Crippen molar-refractivity contribution in [2.45, 2.75) is 39.0 Å². The van der Waals surface area contributed by atoms with Gasteiger partial charge in [-0.1, -0.05) is 20.8 Å². The molecule has 3 N–H and O–H groups in total. The zero-order chi connectivity index (χ0) is 12.2. The third-order valence-electron chi connectivity index (χ3n) is 2.31. The van der Waals surface area contributed by atoms with E-state index in [1.165, 1.54) is 12.8 Å². The van der Waals surface area contributed by atoms with Gasteiger partial charge in [-0.2, -0.15) is 5.10 Å². The van der Waals surface area contributed by atoms with Crippen LogP contribution in [0.25, 0.3) is 0 Å². The Morgan fingerprint density at radius 3 is 2.06 bits per heavy atom. The Kier molecular flexibility index (Phi) is 4.29. The summed E-state index contributed by atoms with van der Waals surface area (Å²) in [5.74, 6) is -0.493. The summed E-state index contributed by atoms with van der Waals surface area (Å²) in [5, 5.41) is 6.12. The van der Waals surface area contributed by atoms with Crippen molar-refractivity contribution in [2.75, 3.05) is 18.9 Å². The van der Waals surface area contributed by atoms with Crippen molar-refractivity contribution in [3.8, 4) is 0 Å². The maximum absolute atomic E-state index is 13.0. The number of ether oxygens (including phenoxy) is 1. The molecule has 1 fully saturated rings. The van der Waals surface area contributed by atoms with Gasteiger partial charge in [0.25, 0.3) is 0 Å². The Morgan fingerprint density at radius 2 is 1.88 bits per heavy atom. The van der Waals surface area contributed by atoms with Gasteiger partial charge in [-0.05, 0) is 12.8 Å². The summed E-state index contributed by atoms with van der Waals surface area (Å²) in [6, 6.07) is 0. The molecular formula is C11H20FN3O. The number of H-pyrrole nitrogens is 1. The summed E-state index contributed by atoms with van der Waals surface area (Å²) in [6.45, 7) is 7.68. The molecule has 16 heavy (non-hydrogen) atoms. The summed E-state index contributed by atoms with van der Waals surface area (Å²) >= 11 is 0. The fourth-order valence-corrected chi connectivity index (χ4v) is 1.35. The van der Waals surface area contributed by atoms with Gasteiger partial charge in [0.05, 0.1) is 5.69 Å². The summed E-state index contributed by atoms with van der Waals surface area (Å²) in [7, 11) is 0. The largest absolute Gasteiger partial charge is 0.381 e. The molecule has 2 heterocycles. The number of aromatic amines is 1. The second-order valence-electron chi connectivity index (χ2n) is 4.87. The highest BCUT2D eigenvalue weighted by molar-refractivity contribution is 5.34. The molecular weight excluding hydrogens is 209 g/mol. The zero-order valence-electron chi connectivity index (χ0n) is 10.1. The molecule has 0 unspecified atom stereocenters. The SMILES string of the molecule is C1CCOC1.CC(C)(C)c1[nH]nc(N)c1F. The van der Waals surface area contributed by atoms with Crippen LogP contribution in [-0.4, -0.2) is 23.4 Å². The van der Waals surface area contributed by atoms with Crippen molar-refractivity contribution in [3.63, 3.8) is 0 Å². The van der Waals surface area contributed by atoms with Gasteiger partial charge in [0.15, 0.2) is 11.6 Å². The summed E-state index contributed by atoms with van der Waals surface area (Å²) in [5.41, 5.74) is 5.40. The molecule has 1 aliphatic rings. The topological polar surface area (TPSA) is 63.9 Å². The summed E-state index contributed by atoms with van der Waals surface area (Å²) in [6.07, 6.45) is 2.56. The molecule has 0 radical (unpaired) electrons. The van der Waals surface area contributed by atoms with Crippen LogP contribution in [0.3, 0.4) is 0 Å². The number of nitrogen functional groups attached to an aromatic ring is 1. The Bertz CT molecular complexity index is 319. The molecule has 0 saturated carbocycles. The smallest absolute Gasteiger partial charge is 0.188 e. The van der Waals surface area contributed by atoms with Crippen molar-refractivity contribution < 1.29 is 9.13 Å².